The highest BCUT2D eigenvalue weighted by molar-refractivity contribution is 7.14. The third kappa shape index (κ3) is 6.29. The fourth-order valence-electron chi connectivity index (χ4n) is 6.84. The molecule has 1 saturated heterocycles. The van der Waals surface area contributed by atoms with Crippen LogP contribution in [0.25, 0.3) is 28.4 Å². The molecule has 6 rings (SSSR count). The molecule has 4 aromatic rings. The lowest BCUT2D eigenvalue weighted by atomic mass is 9.86. The fourth-order valence-corrected chi connectivity index (χ4v) is 7.49. The van der Waals surface area contributed by atoms with Gasteiger partial charge >= 0.3 is 5.97 Å². The van der Waals surface area contributed by atoms with Crippen LogP contribution in [0, 0.1) is 0 Å². The third-order valence-electron chi connectivity index (χ3n) is 9.44. The van der Waals surface area contributed by atoms with Crippen molar-refractivity contribution in [1.82, 2.24) is 19.8 Å². The summed E-state index contributed by atoms with van der Waals surface area (Å²) >= 11 is 1.58. The Balaban J connectivity index is 1.29. The molecule has 1 aliphatic carbocycles. The number of rotatable bonds is 9. The van der Waals surface area contributed by atoms with E-state index in [1.54, 1.807) is 35.6 Å². The molecule has 4 N–H and O–H groups in total. The van der Waals surface area contributed by atoms with Crippen molar-refractivity contribution in [3.8, 4) is 11.4 Å². The van der Waals surface area contributed by atoms with Gasteiger partial charge in [0, 0.05) is 60.8 Å². The average molecular weight is 641 g/mol. The second-order valence-electron chi connectivity index (χ2n) is 12.4. The maximum Gasteiger partial charge on any atom is 0.328 e. The molecule has 2 aromatic heterocycles. The van der Waals surface area contributed by atoms with Crippen molar-refractivity contribution in [2.75, 3.05) is 37.8 Å². The second-order valence-corrected chi connectivity index (χ2v) is 13.3. The Morgan fingerprint density at radius 3 is 2.41 bits per heavy atom. The normalized spacial score (nSPS) is 17.0. The number of hydrogen-bond acceptors (Lipinski definition) is 7. The van der Waals surface area contributed by atoms with Crippen LogP contribution >= 0.6 is 11.3 Å². The van der Waals surface area contributed by atoms with E-state index in [1.165, 1.54) is 24.5 Å². The molecule has 2 aliphatic rings. The van der Waals surface area contributed by atoms with Gasteiger partial charge in [-0.1, -0.05) is 31.0 Å². The Morgan fingerprint density at radius 2 is 1.76 bits per heavy atom. The number of likely N-dealkylation sites (tertiary alicyclic amines) is 1. The summed E-state index contributed by atoms with van der Waals surface area (Å²) < 4.78 is 2.17. The molecule has 2 amide bonds. The molecule has 2 aromatic carbocycles. The molecule has 11 heteroatoms. The molecule has 1 saturated carbocycles. The number of hydrogen-bond donors (Lipinski definition) is 4. The standard InChI is InChI=1S/C35H40N6O4S/c1-36-34-38-27(21-46-34)31-30(23-6-4-5-7-23)26-14-11-24(20-28(26)41(31)3)32(44)39-35(16-18-40(2)19-17-35)33(45)37-25-12-8-22(9-13-25)10-15-29(42)43/h8-15,20-21,23H,4-7,16-19H2,1-3H3,(H,36,38)(H,37,45)(H,39,44)(H,42,43)/b15-10+. The number of carboxylic acids is 1. The number of thiazole rings is 1. The van der Waals surface area contributed by atoms with Crippen LogP contribution in [-0.2, 0) is 16.6 Å². The molecule has 0 spiro atoms. The number of carbonyl (C=O) groups is 3. The topological polar surface area (TPSA) is 129 Å². The van der Waals surface area contributed by atoms with E-state index in [1.807, 2.05) is 33.3 Å². The van der Waals surface area contributed by atoms with Crippen molar-refractivity contribution < 1.29 is 19.5 Å². The number of nitrogens with zero attached hydrogens (tertiary/aromatic N) is 3. The molecule has 1 aliphatic heterocycles. The molecule has 240 valence electrons. The lowest BCUT2D eigenvalue weighted by Crippen LogP contribution is -2.61. The van der Waals surface area contributed by atoms with Gasteiger partial charge in [-0.3, -0.25) is 9.59 Å². The van der Waals surface area contributed by atoms with E-state index in [-0.39, 0.29) is 11.8 Å². The summed E-state index contributed by atoms with van der Waals surface area (Å²) in [7, 11) is 5.94. The summed E-state index contributed by atoms with van der Waals surface area (Å²) in [6.07, 6.45) is 8.22. The van der Waals surface area contributed by atoms with Gasteiger partial charge in [-0.15, -0.1) is 11.3 Å². The zero-order valence-electron chi connectivity index (χ0n) is 26.4. The van der Waals surface area contributed by atoms with Gasteiger partial charge in [0.15, 0.2) is 5.13 Å². The predicted octanol–water partition coefficient (Wildman–Crippen LogP) is 5.93. The first kappa shape index (κ1) is 31.5. The van der Waals surface area contributed by atoms with Gasteiger partial charge < -0.3 is 30.5 Å². The summed E-state index contributed by atoms with van der Waals surface area (Å²) in [6, 6.07) is 12.8. The minimum Gasteiger partial charge on any atom is -0.478 e. The minimum absolute atomic E-state index is 0.266. The van der Waals surface area contributed by atoms with Gasteiger partial charge in [0.1, 0.15) is 11.2 Å². The number of aliphatic carboxylic acids is 1. The van der Waals surface area contributed by atoms with Gasteiger partial charge in [0.05, 0.1) is 5.69 Å². The zero-order chi connectivity index (χ0) is 32.4. The van der Waals surface area contributed by atoms with E-state index in [0.717, 1.165) is 46.3 Å². The highest BCUT2D eigenvalue weighted by atomic mass is 32.1. The van der Waals surface area contributed by atoms with Crippen LogP contribution < -0.4 is 16.0 Å². The summed E-state index contributed by atoms with van der Waals surface area (Å²) in [6.45, 7) is 1.33. The number of fused-ring (bicyclic) bond motifs is 1. The van der Waals surface area contributed by atoms with Crippen LogP contribution in [0.2, 0.25) is 0 Å². The quantitative estimate of drug-likeness (QED) is 0.167. The van der Waals surface area contributed by atoms with E-state index < -0.39 is 11.5 Å². The van der Waals surface area contributed by atoms with Gasteiger partial charge in [-0.2, -0.15) is 0 Å². The van der Waals surface area contributed by atoms with Crippen molar-refractivity contribution in [2.45, 2.75) is 50.0 Å². The predicted molar refractivity (Wildman–Crippen MR) is 183 cm³/mol. The van der Waals surface area contributed by atoms with Crippen molar-refractivity contribution in [3.63, 3.8) is 0 Å². The summed E-state index contributed by atoms with van der Waals surface area (Å²) in [4.78, 5) is 45.7. The van der Waals surface area contributed by atoms with E-state index in [0.29, 0.717) is 48.7 Å². The Hall–Kier alpha value is -4.48. The zero-order valence-corrected chi connectivity index (χ0v) is 27.2. The number of carboxylic acid groups (broad SMARTS) is 1. The number of nitrogens with one attached hydrogen (secondary N) is 3. The first-order chi connectivity index (χ1) is 22.2. The Bertz CT molecular complexity index is 1790. The molecule has 10 nitrogen and oxygen atoms in total. The van der Waals surface area contributed by atoms with E-state index in [2.05, 4.69) is 36.9 Å². The maximum absolute atomic E-state index is 14.0. The van der Waals surface area contributed by atoms with E-state index in [4.69, 9.17) is 10.1 Å². The summed E-state index contributed by atoms with van der Waals surface area (Å²) in [5, 5.41) is 22.3. The highest BCUT2D eigenvalue weighted by Crippen LogP contribution is 2.45. The van der Waals surface area contributed by atoms with Crippen molar-refractivity contribution >= 4 is 56.9 Å². The fraction of sp³-hybridized carbons (Fsp3) is 0.371. The molecule has 3 heterocycles. The van der Waals surface area contributed by atoms with Gasteiger partial charge in [-0.25, -0.2) is 9.78 Å². The highest BCUT2D eigenvalue weighted by Gasteiger charge is 2.42. The maximum atomic E-state index is 14.0. The molecule has 2 fully saturated rings. The number of carbonyl (C=O) groups excluding carboxylic acids is 2. The van der Waals surface area contributed by atoms with Crippen LogP contribution in [0.1, 0.15) is 65.9 Å². The van der Waals surface area contributed by atoms with Gasteiger partial charge in [-0.05, 0) is 80.1 Å². The first-order valence-corrected chi connectivity index (χ1v) is 16.6. The molecular formula is C35H40N6O4S. The Labute approximate surface area is 272 Å². The molecule has 0 radical (unpaired) electrons. The van der Waals surface area contributed by atoms with E-state index >= 15 is 0 Å². The van der Waals surface area contributed by atoms with Crippen LogP contribution in [0.4, 0.5) is 10.8 Å². The summed E-state index contributed by atoms with van der Waals surface area (Å²) in [5.41, 5.74) is 5.03. The minimum atomic E-state index is -1.08. The molecule has 46 heavy (non-hydrogen) atoms. The molecule has 0 unspecified atom stereocenters. The number of piperidine rings is 1. The Kier molecular flexibility index (Phi) is 8.97. The average Bonchev–Trinajstić information content (AvgIpc) is 3.81. The Morgan fingerprint density at radius 1 is 1.04 bits per heavy atom. The molecular weight excluding hydrogens is 600 g/mol. The van der Waals surface area contributed by atoms with Crippen LogP contribution in [0.3, 0.4) is 0 Å². The largest absolute Gasteiger partial charge is 0.478 e. The van der Waals surface area contributed by atoms with Gasteiger partial charge in [0.2, 0.25) is 5.91 Å². The van der Waals surface area contributed by atoms with E-state index in [9.17, 15) is 14.4 Å². The lowest BCUT2D eigenvalue weighted by molar-refractivity contribution is -0.131. The van der Waals surface area contributed by atoms with Crippen molar-refractivity contribution in [2.24, 2.45) is 7.05 Å². The first-order valence-electron chi connectivity index (χ1n) is 15.8. The monoisotopic (exact) mass is 640 g/mol. The smallest absolute Gasteiger partial charge is 0.328 e. The number of amides is 2. The second kappa shape index (κ2) is 13.1. The van der Waals surface area contributed by atoms with Crippen molar-refractivity contribution in [1.29, 1.82) is 0 Å². The van der Waals surface area contributed by atoms with Crippen LogP contribution in [0.5, 0.6) is 0 Å². The molecule has 0 atom stereocenters. The lowest BCUT2D eigenvalue weighted by Gasteiger charge is -2.40. The number of aryl methyl sites for hydroxylation is 1. The number of benzene rings is 2. The van der Waals surface area contributed by atoms with Crippen LogP contribution in [-0.4, -0.2) is 70.1 Å². The van der Waals surface area contributed by atoms with Gasteiger partial charge in [0.25, 0.3) is 5.91 Å². The number of anilines is 2. The number of aromatic nitrogens is 2. The summed E-state index contributed by atoms with van der Waals surface area (Å²) in [5.74, 6) is -1.13. The third-order valence-corrected chi connectivity index (χ3v) is 10.3. The van der Waals surface area contributed by atoms with Crippen molar-refractivity contribution in [3.05, 3.63) is 70.6 Å². The van der Waals surface area contributed by atoms with Crippen LogP contribution in [0.15, 0.2) is 53.9 Å². The SMILES string of the molecule is CNc1nc(-c2c(C3CCCC3)c3ccc(C(=O)NC4(C(=O)Nc5ccc(/C=C/C(=O)O)cc5)CCN(C)CC4)cc3n2C)cs1. The molecule has 0 bridgehead atoms.